The van der Waals surface area contributed by atoms with E-state index in [1.165, 1.54) is 5.56 Å². The van der Waals surface area contributed by atoms with E-state index in [-0.39, 0.29) is 5.84 Å². The number of aromatic nitrogens is 1. The Labute approximate surface area is 114 Å². The van der Waals surface area contributed by atoms with Gasteiger partial charge in [0.1, 0.15) is 0 Å². The molecule has 3 N–H and O–H groups in total. The van der Waals surface area contributed by atoms with Crippen molar-refractivity contribution >= 4 is 28.1 Å². The van der Waals surface area contributed by atoms with Crippen molar-refractivity contribution in [2.45, 2.75) is 6.54 Å². The largest absolute Gasteiger partial charge is 0.409 e. The minimum Gasteiger partial charge on any atom is -0.409 e. The van der Waals surface area contributed by atoms with Crippen LogP contribution in [0, 0.1) is 0 Å². The minimum absolute atomic E-state index is 0.138. The monoisotopic (exact) mass is 271 g/mol. The Morgan fingerprint density at radius 2 is 2.21 bits per heavy atom. The lowest BCUT2D eigenvalue weighted by Crippen LogP contribution is -2.13. The maximum Gasteiger partial charge on any atom is 0.170 e. The van der Waals surface area contributed by atoms with E-state index in [4.69, 9.17) is 10.9 Å². The second kappa shape index (κ2) is 4.78. The molecule has 0 aliphatic rings. The van der Waals surface area contributed by atoms with Crippen molar-refractivity contribution < 1.29 is 5.21 Å². The first-order valence-electron chi connectivity index (χ1n) is 5.86. The van der Waals surface area contributed by atoms with Crippen LogP contribution in [-0.2, 0) is 6.54 Å². The van der Waals surface area contributed by atoms with E-state index in [0.717, 1.165) is 23.0 Å². The van der Waals surface area contributed by atoms with Crippen LogP contribution in [0.1, 0.15) is 11.1 Å². The van der Waals surface area contributed by atoms with Gasteiger partial charge in [-0.3, -0.25) is 0 Å². The molecule has 3 aromatic rings. The summed E-state index contributed by atoms with van der Waals surface area (Å²) in [6.07, 6.45) is 2.02. The molecule has 96 valence electrons. The number of oxime groups is 1. The molecule has 0 radical (unpaired) electrons. The smallest absolute Gasteiger partial charge is 0.170 e. The summed E-state index contributed by atoms with van der Waals surface area (Å²) in [5.74, 6) is 0.138. The highest BCUT2D eigenvalue weighted by Crippen LogP contribution is 2.21. The molecule has 0 spiro atoms. The highest BCUT2D eigenvalue weighted by Gasteiger charge is 2.09. The number of rotatable bonds is 3. The van der Waals surface area contributed by atoms with Gasteiger partial charge < -0.3 is 15.5 Å². The van der Waals surface area contributed by atoms with Crippen LogP contribution < -0.4 is 5.73 Å². The van der Waals surface area contributed by atoms with E-state index in [2.05, 4.69) is 26.5 Å². The fourth-order valence-electron chi connectivity index (χ4n) is 2.22. The molecular weight excluding hydrogens is 258 g/mol. The molecule has 3 rings (SSSR count). The van der Waals surface area contributed by atoms with Crippen molar-refractivity contribution in [3.63, 3.8) is 0 Å². The molecule has 2 heterocycles. The summed E-state index contributed by atoms with van der Waals surface area (Å²) in [6.45, 7) is 0.826. The molecule has 0 aliphatic heterocycles. The lowest BCUT2D eigenvalue weighted by Gasteiger charge is -2.05. The van der Waals surface area contributed by atoms with Crippen molar-refractivity contribution in [2.75, 3.05) is 0 Å². The molecule has 0 aliphatic carbocycles. The van der Waals surface area contributed by atoms with Crippen LogP contribution >= 0.6 is 11.3 Å². The fourth-order valence-corrected chi connectivity index (χ4v) is 2.88. The lowest BCUT2D eigenvalue weighted by atomic mass is 10.1. The first-order chi connectivity index (χ1) is 9.29. The van der Waals surface area contributed by atoms with Gasteiger partial charge in [0.2, 0.25) is 0 Å². The van der Waals surface area contributed by atoms with Gasteiger partial charge in [-0.05, 0) is 34.5 Å². The first kappa shape index (κ1) is 11.8. The number of hydrogen-bond acceptors (Lipinski definition) is 3. The highest BCUT2D eigenvalue weighted by atomic mass is 32.1. The summed E-state index contributed by atoms with van der Waals surface area (Å²) in [6, 6.07) is 9.92. The van der Waals surface area contributed by atoms with Gasteiger partial charge in [-0.25, -0.2) is 0 Å². The molecule has 0 bridgehead atoms. The summed E-state index contributed by atoms with van der Waals surface area (Å²) in [7, 11) is 0. The van der Waals surface area contributed by atoms with Gasteiger partial charge in [0.25, 0.3) is 0 Å². The minimum atomic E-state index is 0.138. The number of benzene rings is 1. The maximum absolute atomic E-state index is 8.82. The van der Waals surface area contributed by atoms with E-state index in [1.54, 1.807) is 11.3 Å². The van der Waals surface area contributed by atoms with Crippen molar-refractivity contribution in [1.29, 1.82) is 0 Å². The second-order valence-corrected chi connectivity index (χ2v) is 5.08. The van der Waals surface area contributed by atoms with E-state index in [1.807, 2.05) is 30.5 Å². The molecule has 0 amide bonds. The van der Waals surface area contributed by atoms with Crippen LogP contribution in [-0.4, -0.2) is 15.6 Å². The third-order valence-corrected chi connectivity index (χ3v) is 3.86. The van der Waals surface area contributed by atoms with Gasteiger partial charge in [-0.15, -0.1) is 0 Å². The van der Waals surface area contributed by atoms with Gasteiger partial charge >= 0.3 is 0 Å². The number of nitrogens with two attached hydrogens (primary N) is 1. The molecule has 0 fully saturated rings. The van der Waals surface area contributed by atoms with Crippen molar-refractivity contribution in [3.05, 3.63) is 58.4 Å². The second-order valence-electron chi connectivity index (χ2n) is 4.30. The lowest BCUT2D eigenvalue weighted by molar-refractivity contribution is 0.318. The van der Waals surface area contributed by atoms with Crippen LogP contribution in [0.15, 0.2) is 52.4 Å². The molecular formula is C14H13N3OS. The highest BCUT2D eigenvalue weighted by molar-refractivity contribution is 7.07. The van der Waals surface area contributed by atoms with E-state index >= 15 is 0 Å². The molecule has 0 atom stereocenters. The van der Waals surface area contributed by atoms with Gasteiger partial charge in [0, 0.05) is 29.2 Å². The van der Waals surface area contributed by atoms with Crippen molar-refractivity contribution in [3.8, 4) is 0 Å². The Morgan fingerprint density at radius 3 is 2.95 bits per heavy atom. The van der Waals surface area contributed by atoms with Crippen molar-refractivity contribution in [2.24, 2.45) is 10.9 Å². The molecule has 5 heteroatoms. The normalized spacial score (nSPS) is 12.1. The number of fused-ring (bicyclic) bond motifs is 1. The summed E-state index contributed by atoms with van der Waals surface area (Å²) in [5, 5.41) is 17.1. The molecule has 4 nitrogen and oxygen atoms in total. The van der Waals surface area contributed by atoms with E-state index in [0.29, 0.717) is 0 Å². The Bertz CT molecular complexity index is 728. The maximum atomic E-state index is 8.82. The predicted molar refractivity (Wildman–Crippen MR) is 77.9 cm³/mol. The van der Waals surface area contributed by atoms with Gasteiger partial charge in [0.15, 0.2) is 5.84 Å². The third-order valence-electron chi connectivity index (χ3n) is 3.13. The number of nitrogens with zero attached hydrogens (tertiary/aromatic N) is 2. The van der Waals surface area contributed by atoms with Gasteiger partial charge in [-0.2, -0.15) is 11.3 Å². The predicted octanol–water partition coefficient (Wildman–Crippen LogP) is 2.85. The standard InChI is InChI=1S/C14H13N3OS/c15-14(16-18)12-2-1-3-13-11(12)4-6-17(13)8-10-5-7-19-9-10/h1-7,9,18H,8H2,(H2,15,16). The zero-order valence-electron chi connectivity index (χ0n) is 10.2. The fraction of sp³-hybridized carbons (Fsp3) is 0.0714. The first-order valence-corrected chi connectivity index (χ1v) is 6.80. The summed E-state index contributed by atoms with van der Waals surface area (Å²) in [4.78, 5) is 0. The Morgan fingerprint density at radius 1 is 1.32 bits per heavy atom. The molecule has 19 heavy (non-hydrogen) atoms. The molecule has 2 aromatic heterocycles. The molecule has 0 saturated heterocycles. The zero-order valence-corrected chi connectivity index (χ0v) is 11.0. The van der Waals surface area contributed by atoms with E-state index < -0.39 is 0 Å². The van der Waals surface area contributed by atoms with Crippen LogP contribution in [0.25, 0.3) is 10.9 Å². The van der Waals surface area contributed by atoms with Crippen molar-refractivity contribution in [1.82, 2.24) is 4.57 Å². The van der Waals surface area contributed by atoms with Gasteiger partial charge in [-0.1, -0.05) is 17.3 Å². The van der Waals surface area contributed by atoms with Crippen LogP contribution in [0.5, 0.6) is 0 Å². The Hall–Kier alpha value is -2.27. The molecule has 1 aromatic carbocycles. The average Bonchev–Trinajstić information content (AvgIpc) is 3.08. The number of hydrogen-bond donors (Lipinski definition) is 2. The SMILES string of the molecule is N/C(=N/O)c1cccc2c1ccn2Cc1ccsc1. The van der Waals surface area contributed by atoms with Crippen LogP contribution in [0.3, 0.4) is 0 Å². The Kier molecular flexibility index (Phi) is 2.97. The summed E-state index contributed by atoms with van der Waals surface area (Å²) in [5.41, 5.74) is 8.81. The van der Waals surface area contributed by atoms with Crippen LogP contribution in [0.2, 0.25) is 0 Å². The number of amidine groups is 1. The third kappa shape index (κ3) is 2.08. The molecule has 0 unspecified atom stereocenters. The summed E-state index contributed by atoms with van der Waals surface area (Å²) < 4.78 is 2.16. The van der Waals surface area contributed by atoms with Gasteiger partial charge in [0.05, 0.1) is 0 Å². The molecule has 0 saturated carbocycles. The average molecular weight is 271 g/mol. The Balaban J connectivity index is 2.09. The van der Waals surface area contributed by atoms with E-state index in [9.17, 15) is 0 Å². The zero-order chi connectivity index (χ0) is 13.2. The number of thiophene rings is 1. The van der Waals surface area contributed by atoms with Crippen LogP contribution in [0.4, 0.5) is 0 Å². The quantitative estimate of drug-likeness (QED) is 0.333. The summed E-state index contributed by atoms with van der Waals surface area (Å²) >= 11 is 1.69. The topological polar surface area (TPSA) is 63.5 Å².